The van der Waals surface area contributed by atoms with Gasteiger partial charge in [-0.2, -0.15) is 0 Å². The highest BCUT2D eigenvalue weighted by molar-refractivity contribution is 8.03. The predicted molar refractivity (Wildman–Crippen MR) is 44.1 cm³/mol. The van der Waals surface area contributed by atoms with Crippen molar-refractivity contribution in [3.05, 3.63) is 11.5 Å². The van der Waals surface area contributed by atoms with Gasteiger partial charge in [-0.15, -0.1) is 11.8 Å². The summed E-state index contributed by atoms with van der Waals surface area (Å²) in [6.45, 7) is 2.35. The van der Waals surface area contributed by atoms with E-state index in [9.17, 15) is 4.79 Å². The van der Waals surface area contributed by atoms with Gasteiger partial charge in [0.2, 0.25) is 0 Å². The molecule has 0 aromatic carbocycles. The third-order valence-electron chi connectivity index (χ3n) is 2.10. The molecular weight excluding hydrogens is 160 g/mol. The summed E-state index contributed by atoms with van der Waals surface area (Å²) in [5.74, 6) is 0.642. The summed E-state index contributed by atoms with van der Waals surface area (Å²) in [7, 11) is 0. The van der Waals surface area contributed by atoms with Gasteiger partial charge in [0.25, 0.3) is 0 Å². The number of carbonyl (C=O) groups is 1. The molecule has 0 saturated heterocycles. The predicted octanol–water partition coefficient (Wildman–Crippen LogP) is 1.42. The molecule has 0 aromatic heterocycles. The van der Waals surface area contributed by atoms with Gasteiger partial charge in [-0.3, -0.25) is 4.79 Å². The van der Waals surface area contributed by atoms with Crippen LogP contribution in [0.15, 0.2) is 11.5 Å². The lowest BCUT2D eigenvalue weighted by Crippen LogP contribution is -2.09. The molecule has 0 spiro atoms. The monoisotopic (exact) mass is 170 g/mol. The zero-order valence-corrected chi connectivity index (χ0v) is 7.14. The zero-order chi connectivity index (χ0) is 7.84. The number of carbonyl (C=O) groups excluding carboxylic acids is 1. The molecule has 2 nitrogen and oxygen atoms in total. The van der Waals surface area contributed by atoms with Crippen molar-refractivity contribution in [3.63, 3.8) is 0 Å². The molecule has 1 aliphatic heterocycles. The zero-order valence-electron chi connectivity index (χ0n) is 6.32. The van der Waals surface area contributed by atoms with Gasteiger partial charge >= 0.3 is 5.97 Å². The first-order valence-corrected chi connectivity index (χ1v) is 4.77. The number of allylic oxidation sites excluding steroid dienone is 1. The van der Waals surface area contributed by atoms with Crippen LogP contribution >= 0.6 is 11.8 Å². The van der Waals surface area contributed by atoms with E-state index in [-0.39, 0.29) is 11.9 Å². The maximum atomic E-state index is 11.1. The third kappa shape index (κ3) is 1.07. The number of esters is 1. The van der Waals surface area contributed by atoms with Gasteiger partial charge in [-0.1, -0.05) is 6.08 Å². The van der Waals surface area contributed by atoms with Crippen LogP contribution in [0.4, 0.5) is 0 Å². The molecule has 1 aliphatic carbocycles. The molecule has 1 saturated carbocycles. The summed E-state index contributed by atoms with van der Waals surface area (Å²) in [6, 6.07) is 0. The lowest BCUT2D eigenvalue weighted by molar-refractivity contribution is -0.144. The first kappa shape index (κ1) is 7.22. The van der Waals surface area contributed by atoms with Crippen molar-refractivity contribution in [1.29, 1.82) is 0 Å². The first-order chi connectivity index (χ1) is 5.34. The van der Waals surface area contributed by atoms with E-state index in [1.807, 2.05) is 6.92 Å². The van der Waals surface area contributed by atoms with Crippen LogP contribution in [-0.2, 0) is 9.53 Å². The van der Waals surface area contributed by atoms with E-state index in [1.54, 1.807) is 11.8 Å². The van der Waals surface area contributed by atoms with Gasteiger partial charge < -0.3 is 4.74 Å². The molecule has 0 radical (unpaired) electrons. The van der Waals surface area contributed by atoms with Crippen LogP contribution in [0, 0.1) is 11.8 Å². The van der Waals surface area contributed by atoms with E-state index in [0.29, 0.717) is 17.8 Å². The minimum atomic E-state index is -0.0145. The fraction of sp³-hybridized carbons (Fsp3) is 0.625. The van der Waals surface area contributed by atoms with Crippen molar-refractivity contribution >= 4 is 17.7 Å². The standard InChI is InChI=1S/C8H10O2S/c1-2-10-8(9)6-5-3-4-11-7(5)6/h3-7H,2H2,1H3/t5-,6+,7+/m1/s1. The summed E-state index contributed by atoms with van der Waals surface area (Å²) in [6.07, 6.45) is 2.11. The summed E-state index contributed by atoms with van der Waals surface area (Å²) >= 11 is 1.75. The maximum absolute atomic E-state index is 11.1. The van der Waals surface area contributed by atoms with E-state index in [4.69, 9.17) is 4.74 Å². The van der Waals surface area contributed by atoms with Gasteiger partial charge in [-0.25, -0.2) is 0 Å². The van der Waals surface area contributed by atoms with Crippen LogP contribution in [0.5, 0.6) is 0 Å². The van der Waals surface area contributed by atoms with Crippen LogP contribution < -0.4 is 0 Å². The summed E-state index contributed by atoms with van der Waals surface area (Å²) in [4.78, 5) is 11.1. The topological polar surface area (TPSA) is 26.3 Å². The van der Waals surface area contributed by atoms with Crippen molar-refractivity contribution in [2.75, 3.05) is 6.61 Å². The largest absolute Gasteiger partial charge is 0.466 e. The second-order valence-electron chi connectivity index (χ2n) is 2.78. The lowest BCUT2D eigenvalue weighted by atomic mass is 10.3. The van der Waals surface area contributed by atoms with Gasteiger partial charge in [0, 0.05) is 11.2 Å². The Balaban J connectivity index is 1.90. The molecule has 11 heavy (non-hydrogen) atoms. The number of rotatable bonds is 2. The molecular formula is C8H10O2S. The number of hydrogen-bond acceptors (Lipinski definition) is 3. The summed E-state index contributed by atoms with van der Waals surface area (Å²) < 4.78 is 4.92. The fourth-order valence-electron chi connectivity index (χ4n) is 1.47. The van der Waals surface area contributed by atoms with Gasteiger partial charge in [0.1, 0.15) is 0 Å². The molecule has 60 valence electrons. The average molecular weight is 170 g/mol. The molecule has 0 amide bonds. The minimum absolute atomic E-state index is 0.0145. The molecule has 0 aromatic rings. The molecule has 2 aliphatic rings. The molecule has 2 rings (SSSR count). The Morgan fingerprint density at radius 3 is 3.09 bits per heavy atom. The van der Waals surface area contributed by atoms with Crippen molar-refractivity contribution < 1.29 is 9.53 Å². The highest BCUT2D eigenvalue weighted by atomic mass is 32.2. The molecule has 0 N–H and O–H groups in total. The lowest BCUT2D eigenvalue weighted by Gasteiger charge is -1.99. The van der Waals surface area contributed by atoms with Crippen LogP contribution in [0.25, 0.3) is 0 Å². The molecule has 1 heterocycles. The van der Waals surface area contributed by atoms with E-state index in [0.717, 1.165) is 0 Å². The van der Waals surface area contributed by atoms with Crippen LogP contribution in [0.1, 0.15) is 6.92 Å². The number of ether oxygens (including phenoxy) is 1. The summed E-state index contributed by atoms with van der Waals surface area (Å²) in [5, 5.41) is 2.58. The Morgan fingerprint density at radius 2 is 2.55 bits per heavy atom. The molecule has 1 fully saturated rings. The smallest absolute Gasteiger partial charge is 0.310 e. The molecule has 0 unspecified atom stereocenters. The Kier molecular flexibility index (Phi) is 1.68. The molecule has 3 atom stereocenters. The SMILES string of the molecule is CCOC(=O)[C@H]1[C@H]2C=CS[C@@H]21. The molecule has 3 heteroatoms. The number of thioether (sulfide) groups is 1. The fourth-order valence-corrected chi connectivity index (χ4v) is 2.73. The van der Waals surface area contributed by atoms with Crippen LogP contribution in [0.3, 0.4) is 0 Å². The van der Waals surface area contributed by atoms with Crippen molar-refractivity contribution in [2.24, 2.45) is 11.8 Å². The Morgan fingerprint density at radius 1 is 1.73 bits per heavy atom. The van der Waals surface area contributed by atoms with E-state index in [1.165, 1.54) is 0 Å². The average Bonchev–Trinajstić information content (AvgIpc) is 2.47. The molecule has 0 bridgehead atoms. The van der Waals surface area contributed by atoms with Gasteiger partial charge in [0.05, 0.1) is 12.5 Å². The Bertz CT molecular complexity index is 212. The Labute approximate surface area is 70.0 Å². The second kappa shape index (κ2) is 2.55. The maximum Gasteiger partial charge on any atom is 0.310 e. The highest BCUT2D eigenvalue weighted by Crippen LogP contribution is 2.54. The second-order valence-corrected chi connectivity index (χ2v) is 3.87. The number of hydrogen-bond donors (Lipinski definition) is 0. The van der Waals surface area contributed by atoms with E-state index < -0.39 is 0 Å². The Hall–Kier alpha value is -0.440. The van der Waals surface area contributed by atoms with E-state index in [2.05, 4.69) is 11.5 Å². The van der Waals surface area contributed by atoms with Crippen molar-refractivity contribution in [1.82, 2.24) is 0 Å². The third-order valence-corrected chi connectivity index (χ3v) is 3.34. The summed E-state index contributed by atoms with van der Waals surface area (Å²) in [5.41, 5.74) is 0. The van der Waals surface area contributed by atoms with Gasteiger partial charge in [0.15, 0.2) is 0 Å². The first-order valence-electron chi connectivity index (χ1n) is 3.83. The minimum Gasteiger partial charge on any atom is -0.466 e. The van der Waals surface area contributed by atoms with E-state index >= 15 is 0 Å². The van der Waals surface area contributed by atoms with Crippen molar-refractivity contribution in [3.8, 4) is 0 Å². The normalized spacial score (nSPS) is 38.5. The van der Waals surface area contributed by atoms with Gasteiger partial charge in [-0.05, 0) is 12.3 Å². The highest BCUT2D eigenvalue weighted by Gasteiger charge is 2.56. The quantitative estimate of drug-likeness (QED) is 0.586. The van der Waals surface area contributed by atoms with Crippen LogP contribution in [-0.4, -0.2) is 17.8 Å². The van der Waals surface area contributed by atoms with Crippen LogP contribution in [0.2, 0.25) is 0 Å². The van der Waals surface area contributed by atoms with Crippen molar-refractivity contribution in [2.45, 2.75) is 12.2 Å². The number of fused-ring (bicyclic) bond motifs is 1.